The molecular formula is C40H39N3O5. The molecule has 0 amide bonds. The largest absolute Gasteiger partial charge is 0.493 e. The number of carboxylic acid groups (broad SMARTS) is 1. The normalized spacial score (nSPS) is 13.2. The van der Waals surface area contributed by atoms with Gasteiger partial charge >= 0.3 is 5.97 Å². The van der Waals surface area contributed by atoms with E-state index in [4.69, 9.17) is 19.2 Å². The summed E-state index contributed by atoms with van der Waals surface area (Å²) >= 11 is 0. The molecule has 0 aliphatic carbocycles. The lowest BCUT2D eigenvalue weighted by Crippen LogP contribution is -2.36. The van der Waals surface area contributed by atoms with E-state index in [2.05, 4.69) is 47.1 Å². The quantitative estimate of drug-likeness (QED) is 0.131. The topological polar surface area (TPSA) is 96.9 Å². The highest BCUT2D eigenvalue weighted by molar-refractivity contribution is 6.03. The molecule has 0 atom stereocenters. The maximum atomic E-state index is 12.5. The van der Waals surface area contributed by atoms with Gasteiger partial charge in [0.25, 0.3) is 0 Å². The molecule has 7 rings (SSSR count). The van der Waals surface area contributed by atoms with Crippen molar-refractivity contribution in [2.24, 2.45) is 0 Å². The molecule has 0 spiro atoms. The van der Waals surface area contributed by atoms with Gasteiger partial charge < -0.3 is 29.2 Å². The van der Waals surface area contributed by atoms with Gasteiger partial charge in [-0.25, -0.2) is 4.79 Å². The number of anilines is 1. The van der Waals surface area contributed by atoms with Crippen LogP contribution in [-0.2, 0) is 24.2 Å². The molecule has 48 heavy (non-hydrogen) atoms. The van der Waals surface area contributed by atoms with Gasteiger partial charge in [0.05, 0.1) is 25.3 Å². The molecule has 6 aromatic rings. The van der Waals surface area contributed by atoms with Gasteiger partial charge in [-0.3, -0.25) is 4.98 Å². The number of aromatic carboxylic acids is 1. The number of aromatic amines is 1. The Morgan fingerprint density at radius 1 is 0.917 bits per heavy atom. The summed E-state index contributed by atoms with van der Waals surface area (Å²) in [6.45, 7) is 6.15. The van der Waals surface area contributed by atoms with Gasteiger partial charge in [0.2, 0.25) is 0 Å². The Morgan fingerprint density at radius 3 is 2.50 bits per heavy atom. The minimum absolute atomic E-state index is 0.211. The number of ether oxygens (including phenoxy) is 3. The smallest absolute Gasteiger partial charge is 0.352 e. The number of aryl methyl sites for hydroxylation is 2. The fourth-order valence-corrected chi connectivity index (χ4v) is 6.68. The molecule has 8 nitrogen and oxygen atoms in total. The van der Waals surface area contributed by atoms with Crippen LogP contribution in [0.2, 0.25) is 0 Å². The SMILES string of the molecule is CCc1nccc(COc2ccc(N3CCOCC3)cc2)c1-c1cccc2c(CCCOc3cccc4ccccc34)c(C(=O)O)[nH]c12. The second-order valence-corrected chi connectivity index (χ2v) is 12.0. The maximum Gasteiger partial charge on any atom is 0.352 e. The van der Waals surface area contributed by atoms with Crippen LogP contribution in [0.5, 0.6) is 11.5 Å². The lowest BCUT2D eigenvalue weighted by molar-refractivity contribution is 0.0690. The predicted molar refractivity (Wildman–Crippen MR) is 189 cm³/mol. The number of benzene rings is 4. The van der Waals surface area contributed by atoms with Crippen molar-refractivity contribution >= 4 is 33.3 Å². The third-order valence-corrected chi connectivity index (χ3v) is 9.06. The van der Waals surface area contributed by atoms with Gasteiger partial charge in [-0.05, 0) is 66.6 Å². The number of carboxylic acids is 1. The van der Waals surface area contributed by atoms with Crippen molar-refractivity contribution in [1.82, 2.24) is 9.97 Å². The molecule has 0 bridgehead atoms. The van der Waals surface area contributed by atoms with E-state index in [1.54, 1.807) is 0 Å². The third-order valence-electron chi connectivity index (χ3n) is 9.06. The van der Waals surface area contributed by atoms with E-state index < -0.39 is 5.97 Å². The van der Waals surface area contributed by atoms with Gasteiger partial charge in [-0.15, -0.1) is 0 Å². The van der Waals surface area contributed by atoms with Crippen molar-refractivity contribution in [2.45, 2.75) is 32.8 Å². The van der Waals surface area contributed by atoms with Crippen molar-refractivity contribution in [3.63, 3.8) is 0 Å². The summed E-state index contributed by atoms with van der Waals surface area (Å²) in [6, 6.07) is 30.4. The van der Waals surface area contributed by atoms with Crippen molar-refractivity contribution in [1.29, 1.82) is 0 Å². The number of aromatic nitrogens is 2. The van der Waals surface area contributed by atoms with Gasteiger partial charge in [0.1, 0.15) is 23.8 Å². The maximum absolute atomic E-state index is 12.5. The van der Waals surface area contributed by atoms with Gasteiger partial charge in [-0.1, -0.05) is 61.5 Å². The molecule has 0 radical (unpaired) electrons. The fourth-order valence-electron chi connectivity index (χ4n) is 6.68. The molecule has 1 aliphatic rings. The summed E-state index contributed by atoms with van der Waals surface area (Å²) in [4.78, 5) is 22.8. The number of pyridine rings is 1. The number of hydrogen-bond acceptors (Lipinski definition) is 6. The Balaban J connectivity index is 1.14. The number of nitrogens with one attached hydrogen (secondary N) is 1. The van der Waals surface area contributed by atoms with E-state index in [0.717, 1.165) is 99.5 Å². The number of para-hydroxylation sites is 1. The number of hydrogen-bond donors (Lipinski definition) is 2. The zero-order chi connectivity index (χ0) is 32.9. The molecule has 3 heterocycles. The number of H-pyrrole nitrogens is 1. The number of nitrogens with zero attached hydrogens (tertiary/aromatic N) is 2. The van der Waals surface area contributed by atoms with E-state index in [9.17, 15) is 9.90 Å². The van der Waals surface area contributed by atoms with Crippen LogP contribution in [0.15, 0.2) is 97.2 Å². The average molecular weight is 642 g/mol. The Labute approximate surface area is 279 Å². The van der Waals surface area contributed by atoms with Gasteiger partial charge in [0.15, 0.2) is 0 Å². The molecular weight excluding hydrogens is 602 g/mol. The van der Waals surface area contributed by atoms with E-state index >= 15 is 0 Å². The van der Waals surface area contributed by atoms with Crippen LogP contribution >= 0.6 is 0 Å². The second kappa shape index (κ2) is 14.2. The summed E-state index contributed by atoms with van der Waals surface area (Å²) in [6.07, 6.45) is 3.76. The van der Waals surface area contributed by atoms with Crippen LogP contribution in [0.25, 0.3) is 32.8 Å². The first kappa shape index (κ1) is 31.3. The molecule has 8 heteroatoms. The standard InChI is InChI=1S/C40H39N3O5/c1-2-35-37(28(19-20-41-35)26-48-30-17-15-29(16-18-30)43-21-24-46-25-22-43)34-12-6-11-32-33(39(40(44)45)42-38(32)34)13-7-23-47-36-14-5-9-27-8-3-4-10-31(27)36/h3-6,8-12,14-20,42H,2,7,13,21-26H2,1H3,(H,44,45). The minimum atomic E-state index is -0.979. The highest BCUT2D eigenvalue weighted by Crippen LogP contribution is 2.36. The van der Waals surface area contributed by atoms with Crippen molar-refractivity contribution in [3.05, 3.63) is 120 Å². The molecule has 4 aromatic carbocycles. The molecule has 2 aromatic heterocycles. The van der Waals surface area contributed by atoms with Crippen LogP contribution < -0.4 is 14.4 Å². The first-order chi connectivity index (χ1) is 23.6. The Kier molecular flexibility index (Phi) is 9.25. The van der Waals surface area contributed by atoms with Crippen LogP contribution in [-0.4, -0.2) is 54.0 Å². The van der Waals surface area contributed by atoms with Gasteiger partial charge in [0, 0.05) is 58.1 Å². The van der Waals surface area contributed by atoms with Gasteiger partial charge in [-0.2, -0.15) is 0 Å². The Hall–Kier alpha value is -5.34. The van der Waals surface area contributed by atoms with Crippen LogP contribution in [0.1, 0.15) is 40.7 Å². The second-order valence-electron chi connectivity index (χ2n) is 12.0. The molecule has 244 valence electrons. The summed E-state index contributed by atoms with van der Waals surface area (Å²) in [5.74, 6) is 0.638. The van der Waals surface area contributed by atoms with Crippen LogP contribution in [0, 0.1) is 0 Å². The highest BCUT2D eigenvalue weighted by Gasteiger charge is 2.22. The summed E-state index contributed by atoms with van der Waals surface area (Å²) in [7, 11) is 0. The van der Waals surface area contributed by atoms with Crippen molar-refractivity contribution in [2.75, 3.05) is 37.8 Å². The van der Waals surface area contributed by atoms with Crippen molar-refractivity contribution in [3.8, 4) is 22.6 Å². The van der Waals surface area contributed by atoms with Crippen LogP contribution in [0.4, 0.5) is 5.69 Å². The minimum Gasteiger partial charge on any atom is -0.493 e. The number of morpholine rings is 1. The van der Waals surface area contributed by atoms with Crippen molar-refractivity contribution < 1.29 is 24.1 Å². The lowest BCUT2D eigenvalue weighted by Gasteiger charge is -2.28. The number of fused-ring (bicyclic) bond motifs is 2. The summed E-state index contributed by atoms with van der Waals surface area (Å²) in [5, 5.41) is 13.3. The summed E-state index contributed by atoms with van der Waals surface area (Å²) in [5.41, 5.74) is 6.75. The average Bonchev–Trinajstić information content (AvgIpc) is 3.52. The zero-order valence-electron chi connectivity index (χ0n) is 27.1. The Bertz CT molecular complexity index is 2040. The van der Waals surface area contributed by atoms with Crippen LogP contribution in [0.3, 0.4) is 0 Å². The fraction of sp³-hybridized carbons (Fsp3) is 0.250. The molecule has 1 fully saturated rings. The molecule has 1 aliphatic heterocycles. The first-order valence-corrected chi connectivity index (χ1v) is 16.6. The lowest BCUT2D eigenvalue weighted by atomic mass is 9.94. The molecule has 0 unspecified atom stereocenters. The third kappa shape index (κ3) is 6.44. The van der Waals surface area contributed by atoms with E-state index in [0.29, 0.717) is 26.1 Å². The van der Waals surface area contributed by atoms with E-state index in [-0.39, 0.29) is 5.69 Å². The Morgan fingerprint density at radius 2 is 1.69 bits per heavy atom. The first-order valence-electron chi connectivity index (χ1n) is 16.6. The van der Waals surface area contributed by atoms with E-state index in [1.807, 2.05) is 66.9 Å². The molecule has 0 saturated carbocycles. The summed E-state index contributed by atoms with van der Waals surface area (Å²) < 4.78 is 18.0. The number of rotatable bonds is 12. The molecule has 2 N–H and O–H groups in total. The molecule has 1 saturated heterocycles. The monoisotopic (exact) mass is 641 g/mol. The van der Waals surface area contributed by atoms with E-state index in [1.165, 1.54) is 0 Å². The number of carbonyl (C=O) groups is 1. The predicted octanol–water partition coefficient (Wildman–Crippen LogP) is 8.07. The highest BCUT2D eigenvalue weighted by atomic mass is 16.5. The zero-order valence-corrected chi connectivity index (χ0v) is 27.1.